The van der Waals surface area contributed by atoms with Crippen LogP contribution in [0.1, 0.15) is 41.6 Å². The largest absolute Gasteiger partial charge is 0.455 e. The van der Waals surface area contributed by atoms with Crippen LogP contribution in [0.4, 0.5) is 16.1 Å². The first-order valence-corrected chi connectivity index (χ1v) is 15.1. The van der Waals surface area contributed by atoms with Crippen molar-refractivity contribution in [1.82, 2.24) is 10.3 Å². The van der Waals surface area contributed by atoms with Gasteiger partial charge in [-0.3, -0.25) is 9.52 Å². The molecule has 0 aliphatic carbocycles. The second kappa shape index (κ2) is 10.5. The summed E-state index contributed by atoms with van der Waals surface area (Å²) in [7, 11) is -2.10. The lowest BCUT2D eigenvalue weighted by molar-refractivity contribution is 0.0964. The van der Waals surface area contributed by atoms with Gasteiger partial charge in [0.2, 0.25) is 10.0 Å². The quantitative estimate of drug-likeness (QED) is 0.248. The smallest absolute Gasteiger partial charge is 0.298 e. The second-order valence-corrected chi connectivity index (χ2v) is 12.1. The molecule has 3 aromatic carbocycles. The Kier molecular flexibility index (Phi) is 6.90. The maximum Gasteiger partial charge on any atom is 0.298 e. The Morgan fingerprint density at radius 2 is 1.88 bits per heavy atom. The maximum absolute atomic E-state index is 13.7. The Labute approximate surface area is 236 Å². The van der Waals surface area contributed by atoms with Crippen LogP contribution in [0, 0.1) is 5.82 Å². The highest BCUT2D eigenvalue weighted by Gasteiger charge is 2.30. The van der Waals surface area contributed by atoms with E-state index in [9.17, 15) is 17.6 Å². The Bertz CT molecular complexity index is 1830. The van der Waals surface area contributed by atoms with Crippen LogP contribution in [0.25, 0.3) is 33.4 Å². The van der Waals surface area contributed by atoms with Crippen molar-refractivity contribution >= 4 is 49.7 Å². The van der Waals surface area contributed by atoms with E-state index in [0.29, 0.717) is 45.9 Å². The van der Waals surface area contributed by atoms with E-state index in [1.165, 1.54) is 19.2 Å². The van der Waals surface area contributed by atoms with E-state index in [0.717, 1.165) is 30.5 Å². The molecule has 0 bridgehead atoms. The topological polar surface area (TPSA) is 118 Å². The molecule has 1 saturated heterocycles. The number of hydrogen-bond acceptors (Lipinski definition) is 7. The number of para-hydroxylation sites is 2. The molecule has 2 aromatic heterocycles. The summed E-state index contributed by atoms with van der Waals surface area (Å²) in [6.45, 7) is 2.85. The number of anilines is 2. The zero-order valence-corrected chi connectivity index (χ0v) is 23.4. The molecule has 1 aliphatic heterocycles. The van der Waals surface area contributed by atoms with Crippen LogP contribution in [0.5, 0.6) is 0 Å². The summed E-state index contributed by atoms with van der Waals surface area (Å²) in [5, 5.41) is 3.21. The summed E-state index contributed by atoms with van der Waals surface area (Å²) in [6, 6.07) is 17.2. The minimum absolute atomic E-state index is 0.0978. The van der Waals surface area contributed by atoms with Crippen molar-refractivity contribution in [3.8, 4) is 11.3 Å². The molecular weight excluding hydrogens is 547 g/mol. The van der Waals surface area contributed by atoms with Gasteiger partial charge in [-0.25, -0.2) is 12.8 Å². The highest BCUT2D eigenvalue weighted by atomic mass is 32.2. The minimum Gasteiger partial charge on any atom is -0.455 e. The minimum atomic E-state index is -3.62. The maximum atomic E-state index is 13.7. The molecule has 41 heavy (non-hydrogen) atoms. The van der Waals surface area contributed by atoms with Gasteiger partial charge in [-0.2, -0.15) is 4.98 Å². The molecular formula is C30H29FN4O5S. The summed E-state index contributed by atoms with van der Waals surface area (Å²) in [4.78, 5) is 19.9. The van der Waals surface area contributed by atoms with Gasteiger partial charge < -0.3 is 19.1 Å². The fourth-order valence-electron chi connectivity index (χ4n) is 5.38. The van der Waals surface area contributed by atoms with E-state index in [1.54, 1.807) is 25.1 Å². The number of nitrogens with one attached hydrogen (secondary N) is 2. The average molecular weight is 577 g/mol. The van der Waals surface area contributed by atoms with Gasteiger partial charge in [0.05, 0.1) is 17.0 Å². The molecule has 1 amide bonds. The van der Waals surface area contributed by atoms with Gasteiger partial charge in [-0.15, -0.1) is 0 Å². The molecule has 1 unspecified atom stereocenters. The Morgan fingerprint density at radius 1 is 1.10 bits per heavy atom. The van der Waals surface area contributed by atoms with Gasteiger partial charge >= 0.3 is 0 Å². The molecule has 2 N–H and O–H groups in total. The van der Waals surface area contributed by atoms with Crippen molar-refractivity contribution < 1.29 is 26.4 Å². The van der Waals surface area contributed by atoms with Gasteiger partial charge in [0.25, 0.3) is 11.9 Å². The molecule has 9 nitrogen and oxygen atoms in total. The van der Waals surface area contributed by atoms with E-state index >= 15 is 0 Å². The molecule has 1 fully saturated rings. The molecule has 0 saturated carbocycles. The first-order valence-electron chi connectivity index (χ1n) is 13.5. The number of nitrogens with zero attached hydrogens (tertiary/aromatic N) is 2. The number of carbonyl (C=O) groups excluding carboxylic acids is 1. The number of aromatic nitrogens is 1. The number of furan rings is 1. The van der Waals surface area contributed by atoms with Crippen LogP contribution < -0.4 is 14.9 Å². The molecule has 1 atom stereocenters. The summed E-state index contributed by atoms with van der Waals surface area (Å²) >= 11 is 0. The first-order chi connectivity index (χ1) is 19.8. The Balaban J connectivity index is 1.48. The standard InChI is InChI=1S/C30H29FN4O5S/c1-3-41(37,38)34-24-16-26-22(27(29(36)32-2)28(39-26)18-10-12-20(31)13-11-18)15-21(24)19-7-6-14-35(17-19)30-33-23-8-4-5-9-25(23)40-30/h4-5,8-13,15-16,19,34H,3,6-7,14,17H2,1-2H3,(H,32,36). The number of halogens is 1. The predicted molar refractivity (Wildman–Crippen MR) is 156 cm³/mol. The highest BCUT2D eigenvalue weighted by molar-refractivity contribution is 7.92. The number of carbonyl (C=O) groups is 1. The van der Waals surface area contributed by atoms with E-state index < -0.39 is 15.8 Å². The third kappa shape index (κ3) is 5.13. The number of amides is 1. The number of piperidine rings is 1. The number of sulfonamides is 1. The molecule has 0 spiro atoms. The number of fused-ring (bicyclic) bond motifs is 2. The molecule has 3 heterocycles. The van der Waals surface area contributed by atoms with Gasteiger partial charge in [0.15, 0.2) is 5.58 Å². The fourth-order valence-corrected chi connectivity index (χ4v) is 6.04. The summed E-state index contributed by atoms with van der Waals surface area (Å²) in [5.41, 5.74) is 3.77. The third-order valence-corrected chi connectivity index (χ3v) is 8.77. The third-order valence-electron chi connectivity index (χ3n) is 7.48. The molecule has 11 heteroatoms. The summed E-state index contributed by atoms with van der Waals surface area (Å²) < 4.78 is 54.0. The van der Waals surface area contributed by atoms with Crippen molar-refractivity contribution in [2.45, 2.75) is 25.7 Å². The average Bonchev–Trinajstić information content (AvgIpc) is 3.58. The van der Waals surface area contributed by atoms with Gasteiger partial charge in [-0.1, -0.05) is 12.1 Å². The molecule has 212 valence electrons. The number of benzene rings is 3. The van der Waals surface area contributed by atoms with Crippen molar-refractivity contribution in [1.29, 1.82) is 0 Å². The molecule has 1 aliphatic rings. The van der Waals surface area contributed by atoms with Crippen LogP contribution in [0.2, 0.25) is 0 Å². The zero-order chi connectivity index (χ0) is 28.7. The molecule has 6 rings (SSSR count). The van der Waals surface area contributed by atoms with Crippen LogP contribution in [0.15, 0.2) is 69.5 Å². The number of oxazole rings is 1. The highest BCUT2D eigenvalue weighted by Crippen LogP contribution is 2.41. The van der Waals surface area contributed by atoms with Gasteiger partial charge in [0, 0.05) is 43.1 Å². The SMILES string of the molecule is CCS(=O)(=O)Nc1cc2oc(-c3ccc(F)cc3)c(C(=O)NC)c2cc1C1CCCN(c2nc3ccccc3o2)C1. The van der Waals surface area contributed by atoms with Crippen molar-refractivity contribution in [2.75, 3.05) is 35.5 Å². The van der Waals surface area contributed by atoms with E-state index in [2.05, 4.69) is 19.9 Å². The Hall–Kier alpha value is -4.38. The lowest BCUT2D eigenvalue weighted by Crippen LogP contribution is -2.35. The van der Waals surface area contributed by atoms with Gasteiger partial charge in [-0.05, 0) is 67.8 Å². The van der Waals surface area contributed by atoms with Crippen LogP contribution in [-0.2, 0) is 10.0 Å². The van der Waals surface area contributed by atoms with Crippen LogP contribution in [-0.4, -0.2) is 45.2 Å². The van der Waals surface area contributed by atoms with E-state index in [-0.39, 0.29) is 23.3 Å². The lowest BCUT2D eigenvalue weighted by Gasteiger charge is -2.33. The van der Waals surface area contributed by atoms with Crippen LogP contribution in [0.3, 0.4) is 0 Å². The van der Waals surface area contributed by atoms with Crippen molar-refractivity contribution in [3.63, 3.8) is 0 Å². The predicted octanol–water partition coefficient (Wildman–Crippen LogP) is 5.89. The summed E-state index contributed by atoms with van der Waals surface area (Å²) in [5.74, 6) is -0.706. The second-order valence-electron chi connectivity index (χ2n) is 10.1. The number of rotatable bonds is 7. The lowest BCUT2D eigenvalue weighted by atomic mass is 9.88. The fraction of sp³-hybridized carbons (Fsp3) is 0.267. The molecule has 0 radical (unpaired) electrons. The Morgan fingerprint density at radius 3 is 2.61 bits per heavy atom. The van der Waals surface area contributed by atoms with Crippen molar-refractivity contribution in [3.05, 3.63) is 77.6 Å². The van der Waals surface area contributed by atoms with Crippen LogP contribution >= 0.6 is 0 Å². The number of hydrogen-bond donors (Lipinski definition) is 2. The summed E-state index contributed by atoms with van der Waals surface area (Å²) in [6.07, 6.45) is 1.62. The zero-order valence-electron chi connectivity index (χ0n) is 22.6. The van der Waals surface area contributed by atoms with Gasteiger partial charge in [0.1, 0.15) is 22.7 Å². The first kappa shape index (κ1) is 26.8. The normalized spacial score (nSPS) is 15.9. The monoisotopic (exact) mass is 576 g/mol. The van der Waals surface area contributed by atoms with E-state index in [4.69, 9.17) is 8.83 Å². The molecule has 5 aromatic rings. The van der Waals surface area contributed by atoms with Crippen molar-refractivity contribution in [2.24, 2.45) is 0 Å². The van der Waals surface area contributed by atoms with E-state index in [1.807, 2.05) is 30.3 Å².